The second-order valence-electron chi connectivity index (χ2n) is 12.3. The smallest absolute Gasteiger partial charge is 0.416 e. The number of aromatic nitrogens is 2. The second-order valence-corrected chi connectivity index (χ2v) is 12.3. The number of benzene rings is 2. The van der Waals surface area contributed by atoms with E-state index in [0.717, 1.165) is 88.9 Å². The Balaban J connectivity index is 1.14. The summed E-state index contributed by atoms with van der Waals surface area (Å²) in [5, 5.41) is 10.3. The molecule has 2 aromatic carbocycles. The highest BCUT2D eigenvalue weighted by atomic mass is 19.4. The van der Waals surface area contributed by atoms with Gasteiger partial charge < -0.3 is 14.6 Å². The lowest BCUT2D eigenvalue weighted by atomic mass is 9.83. The van der Waals surface area contributed by atoms with Crippen LogP contribution in [0.3, 0.4) is 0 Å². The van der Waals surface area contributed by atoms with Gasteiger partial charge >= 0.3 is 12.1 Å². The number of carbonyl (C=O) groups is 1. The van der Waals surface area contributed by atoms with Crippen LogP contribution < -0.4 is 0 Å². The SMILES string of the molecule is O=C(O)[C@@H](C1CCCCC1)N1CC(c2ccccc2)[C@@H](CN2CCC(n3cnc4cc(C(F)(F)F)ccc43)CC2)C1. The quantitative estimate of drug-likeness (QED) is 0.356. The van der Waals surface area contributed by atoms with Gasteiger partial charge in [0.2, 0.25) is 0 Å². The van der Waals surface area contributed by atoms with E-state index < -0.39 is 23.8 Å². The van der Waals surface area contributed by atoms with Crippen molar-refractivity contribution in [2.75, 3.05) is 32.7 Å². The van der Waals surface area contributed by atoms with Gasteiger partial charge in [-0.3, -0.25) is 9.69 Å². The van der Waals surface area contributed by atoms with E-state index in [-0.39, 0.29) is 12.0 Å². The highest BCUT2D eigenvalue weighted by Crippen LogP contribution is 2.39. The molecular weight excluding hydrogens is 529 g/mol. The first-order chi connectivity index (χ1) is 19.8. The molecule has 2 aliphatic heterocycles. The van der Waals surface area contributed by atoms with Crippen molar-refractivity contribution in [3.8, 4) is 0 Å². The summed E-state index contributed by atoms with van der Waals surface area (Å²) < 4.78 is 41.5. The average Bonchev–Trinajstić information content (AvgIpc) is 3.58. The molecule has 0 bridgehead atoms. The summed E-state index contributed by atoms with van der Waals surface area (Å²) in [6, 6.07) is 14.1. The summed E-state index contributed by atoms with van der Waals surface area (Å²) in [5.41, 5.74) is 1.74. The Morgan fingerprint density at radius 3 is 2.39 bits per heavy atom. The van der Waals surface area contributed by atoms with E-state index in [2.05, 4.69) is 39.0 Å². The number of fused-ring (bicyclic) bond motifs is 1. The van der Waals surface area contributed by atoms with Crippen molar-refractivity contribution in [1.29, 1.82) is 0 Å². The second kappa shape index (κ2) is 11.8. The number of hydrogen-bond donors (Lipinski definition) is 1. The van der Waals surface area contributed by atoms with Crippen molar-refractivity contribution in [3.05, 3.63) is 66.0 Å². The molecule has 0 amide bonds. The molecule has 220 valence electrons. The monoisotopic (exact) mass is 568 g/mol. The fraction of sp³-hybridized carbons (Fsp3) is 0.562. The highest BCUT2D eigenvalue weighted by molar-refractivity contribution is 5.76. The Kier molecular flexibility index (Phi) is 8.10. The third kappa shape index (κ3) is 6.02. The van der Waals surface area contributed by atoms with E-state index in [9.17, 15) is 23.1 Å². The van der Waals surface area contributed by atoms with Gasteiger partial charge in [-0.2, -0.15) is 13.2 Å². The first-order valence-corrected chi connectivity index (χ1v) is 15.1. The number of alkyl halides is 3. The molecule has 0 spiro atoms. The van der Waals surface area contributed by atoms with E-state index in [1.165, 1.54) is 12.0 Å². The lowest BCUT2D eigenvalue weighted by molar-refractivity contribution is -0.145. The molecule has 1 saturated carbocycles. The van der Waals surface area contributed by atoms with Crippen LogP contribution in [0.15, 0.2) is 54.9 Å². The van der Waals surface area contributed by atoms with Crippen molar-refractivity contribution in [1.82, 2.24) is 19.4 Å². The average molecular weight is 569 g/mol. The number of likely N-dealkylation sites (tertiary alicyclic amines) is 2. The number of piperidine rings is 1. The molecule has 6 rings (SSSR count). The highest BCUT2D eigenvalue weighted by Gasteiger charge is 2.43. The van der Waals surface area contributed by atoms with Gasteiger partial charge in [0.25, 0.3) is 0 Å². The molecular formula is C32H39F3N4O2. The molecule has 3 aliphatic rings. The zero-order valence-electron chi connectivity index (χ0n) is 23.3. The van der Waals surface area contributed by atoms with Crippen LogP contribution in [0.1, 0.15) is 68.0 Å². The Hall–Kier alpha value is -2.91. The van der Waals surface area contributed by atoms with Gasteiger partial charge in [0.15, 0.2) is 0 Å². The summed E-state index contributed by atoms with van der Waals surface area (Å²) in [5.74, 6) is 0.179. The largest absolute Gasteiger partial charge is 0.480 e. The molecule has 1 aliphatic carbocycles. The van der Waals surface area contributed by atoms with Crippen LogP contribution in [0.5, 0.6) is 0 Å². The van der Waals surface area contributed by atoms with Crippen molar-refractivity contribution in [2.45, 2.75) is 69.1 Å². The Morgan fingerprint density at radius 2 is 1.71 bits per heavy atom. The predicted octanol–water partition coefficient (Wildman–Crippen LogP) is 6.44. The Morgan fingerprint density at radius 1 is 0.976 bits per heavy atom. The van der Waals surface area contributed by atoms with Crippen molar-refractivity contribution >= 4 is 17.0 Å². The van der Waals surface area contributed by atoms with E-state index in [0.29, 0.717) is 17.4 Å². The molecule has 6 nitrogen and oxygen atoms in total. The van der Waals surface area contributed by atoms with Crippen LogP contribution in [0, 0.1) is 11.8 Å². The van der Waals surface area contributed by atoms with Crippen molar-refractivity contribution < 1.29 is 23.1 Å². The molecule has 3 heterocycles. The lowest BCUT2D eigenvalue weighted by Crippen LogP contribution is -2.46. The number of aliphatic carboxylic acids is 1. The minimum Gasteiger partial charge on any atom is -0.480 e. The number of carboxylic acids is 1. The van der Waals surface area contributed by atoms with Gasteiger partial charge in [0, 0.05) is 44.7 Å². The number of halogens is 3. The lowest BCUT2D eigenvalue weighted by Gasteiger charge is -2.36. The fourth-order valence-corrected chi connectivity index (χ4v) is 7.71. The van der Waals surface area contributed by atoms with Crippen LogP contribution in [0.4, 0.5) is 13.2 Å². The molecule has 3 aromatic rings. The molecule has 1 aromatic heterocycles. The van der Waals surface area contributed by atoms with Crippen LogP contribution in [0.2, 0.25) is 0 Å². The van der Waals surface area contributed by atoms with Gasteiger partial charge in [0.1, 0.15) is 6.04 Å². The topological polar surface area (TPSA) is 61.6 Å². The van der Waals surface area contributed by atoms with E-state index >= 15 is 0 Å². The number of hydrogen-bond acceptors (Lipinski definition) is 4. The van der Waals surface area contributed by atoms with Crippen LogP contribution in [0.25, 0.3) is 11.0 Å². The molecule has 9 heteroatoms. The number of carboxylic acid groups (broad SMARTS) is 1. The van der Waals surface area contributed by atoms with Gasteiger partial charge in [-0.25, -0.2) is 4.98 Å². The summed E-state index contributed by atoms with van der Waals surface area (Å²) in [6.07, 6.45) is 4.57. The van der Waals surface area contributed by atoms with Gasteiger partial charge in [-0.1, -0.05) is 49.6 Å². The zero-order chi connectivity index (χ0) is 28.6. The maximum Gasteiger partial charge on any atom is 0.416 e. The molecule has 3 atom stereocenters. The van der Waals surface area contributed by atoms with Crippen LogP contribution >= 0.6 is 0 Å². The van der Waals surface area contributed by atoms with Crippen LogP contribution in [-0.4, -0.2) is 69.2 Å². The van der Waals surface area contributed by atoms with E-state index in [1.807, 2.05) is 10.6 Å². The molecule has 41 heavy (non-hydrogen) atoms. The number of nitrogens with zero attached hydrogens (tertiary/aromatic N) is 4. The standard InChI is InChI=1S/C32H39F3N4O2/c33-32(34,35)25-11-12-29-28(17-25)36-21-39(29)26-13-15-37(16-14-26)18-24-19-38(20-27(24)22-7-3-1-4-8-22)30(31(40)41)23-9-5-2-6-10-23/h1,3-4,7-8,11-12,17,21,23-24,26-27,30H,2,5-6,9-10,13-16,18-20H2,(H,40,41)/t24-,27?,30+/m0/s1. The zero-order valence-corrected chi connectivity index (χ0v) is 23.3. The number of imidazole rings is 1. The number of rotatable bonds is 7. The summed E-state index contributed by atoms with van der Waals surface area (Å²) >= 11 is 0. The summed E-state index contributed by atoms with van der Waals surface area (Å²) in [4.78, 5) is 21.6. The molecule has 3 fully saturated rings. The van der Waals surface area contributed by atoms with Crippen molar-refractivity contribution in [3.63, 3.8) is 0 Å². The first kappa shape index (κ1) is 28.2. The van der Waals surface area contributed by atoms with Crippen molar-refractivity contribution in [2.24, 2.45) is 11.8 Å². The van der Waals surface area contributed by atoms with E-state index in [1.54, 1.807) is 12.4 Å². The Bertz CT molecular complexity index is 1330. The van der Waals surface area contributed by atoms with Gasteiger partial charge in [-0.05, 0) is 61.3 Å². The maximum absolute atomic E-state index is 13.2. The van der Waals surface area contributed by atoms with Gasteiger partial charge in [-0.15, -0.1) is 0 Å². The van der Waals surface area contributed by atoms with E-state index in [4.69, 9.17) is 0 Å². The summed E-state index contributed by atoms with van der Waals surface area (Å²) in [6.45, 7) is 4.28. The molecule has 2 saturated heterocycles. The third-order valence-electron chi connectivity index (χ3n) is 9.79. The van der Waals surface area contributed by atoms with Crippen LogP contribution in [-0.2, 0) is 11.0 Å². The first-order valence-electron chi connectivity index (χ1n) is 15.1. The Labute approximate surface area is 239 Å². The molecule has 1 N–H and O–H groups in total. The fourth-order valence-electron chi connectivity index (χ4n) is 7.71. The minimum atomic E-state index is -4.38. The maximum atomic E-state index is 13.2. The van der Waals surface area contributed by atoms with Gasteiger partial charge in [0.05, 0.1) is 22.9 Å². The normalized spacial score (nSPS) is 24.7. The minimum absolute atomic E-state index is 0.195. The molecule has 0 radical (unpaired) electrons. The third-order valence-corrected chi connectivity index (χ3v) is 9.79. The summed E-state index contributed by atoms with van der Waals surface area (Å²) in [7, 11) is 0. The molecule has 1 unspecified atom stereocenters. The predicted molar refractivity (Wildman–Crippen MR) is 152 cm³/mol.